The SMILES string of the molecule is C=C1C(=O)CCCC1CCCCCCCCC. The fourth-order valence-electron chi connectivity index (χ4n) is 2.74. The Morgan fingerprint density at radius 2 is 1.76 bits per heavy atom. The van der Waals surface area contributed by atoms with Gasteiger partial charge >= 0.3 is 0 Å². The van der Waals surface area contributed by atoms with Crippen molar-refractivity contribution in [2.45, 2.75) is 77.6 Å². The van der Waals surface area contributed by atoms with E-state index in [2.05, 4.69) is 13.5 Å². The minimum atomic E-state index is 0.323. The Labute approximate surface area is 107 Å². The van der Waals surface area contributed by atoms with Crippen molar-refractivity contribution in [1.29, 1.82) is 0 Å². The van der Waals surface area contributed by atoms with Crippen LogP contribution in [0.5, 0.6) is 0 Å². The van der Waals surface area contributed by atoms with E-state index in [-0.39, 0.29) is 0 Å². The lowest BCUT2D eigenvalue weighted by atomic mass is 9.81. The van der Waals surface area contributed by atoms with Gasteiger partial charge in [0.05, 0.1) is 0 Å². The van der Waals surface area contributed by atoms with E-state index in [1.54, 1.807) is 0 Å². The van der Waals surface area contributed by atoms with Crippen molar-refractivity contribution < 1.29 is 4.79 Å². The molecule has 98 valence electrons. The van der Waals surface area contributed by atoms with Crippen LogP contribution in [0.15, 0.2) is 12.2 Å². The fourth-order valence-corrected chi connectivity index (χ4v) is 2.74. The van der Waals surface area contributed by atoms with Gasteiger partial charge in [0.15, 0.2) is 5.78 Å². The van der Waals surface area contributed by atoms with Crippen molar-refractivity contribution in [3.63, 3.8) is 0 Å². The van der Waals surface area contributed by atoms with Crippen LogP contribution in [0.25, 0.3) is 0 Å². The zero-order valence-electron chi connectivity index (χ0n) is 11.5. The fraction of sp³-hybridized carbons (Fsp3) is 0.812. The number of rotatable bonds is 8. The van der Waals surface area contributed by atoms with E-state index in [0.717, 1.165) is 18.4 Å². The molecule has 0 heterocycles. The summed E-state index contributed by atoms with van der Waals surface area (Å²) < 4.78 is 0. The van der Waals surface area contributed by atoms with Crippen molar-refractivity contribution in [2.75, 3.05) is 0 Å². The van der Waals surface area contributed by atoms with Gasteiger partial charge in [-0.05, 0) is 30.8 Å². The van der Waals surface area contributed by atoms with E-state index in [9.17, 15) is 4.79 Å². The summed E-state index contributed by atoms with van der Waals surface area (Å²) in [4.78, 5) is 11.5. The van der Waals surface area contributed by atoms with Crippen molar-refractivity contribution in [1.82, 2.24) is 0 Å². The number of hydrogen-bond donors (Lipinski definition) is 0. The Morgan fingerprint density at radius 1 is 1.12 bits per heavy atom. The van der Waals surface area contributed by atoms with Crippen LogP contribution in [0.2, 0.25) is 0 Å². The van der Waals surface area contributed by atoms with E-state index in [1.807, 2.05) is 0 Å². The van der Waals surface area contributed by atoms with E-state index in [4.69, 9.17) is 0 Å². The van der Waals surface area contributed by atoms with Crippen molar-refractivity contribution in [3.05, 3.63) is 12.2 Å². The normalized spacial score (nSPS) is 20.9. The van der Waals surface area contributed by atoms with E-state index < -0.39 is 0 Å². The number of carbonyl (C=O) groups excluding carboxylic acids is 1. The second-order valence-corrected chi connectivity index (χ2v) is 5.45. The molecule has 1 fully saturated rings. The number of hydrogen-bond acceptors (Lipinski definition) is 1. The monoisotopic (exact) mass is 236 g/mol. The highest BCUT2D eigenvalue weighted by Crippen LogP contribution is 2.29. The van der Waals surface area contributed by atoms with E-state index >= 15 is 0 Å². The second-order valence-electron chi connectivity index (χ2n) is 5.45. The summed E-state index contributed by atoms with van der Waals surface area (Å²) in [5, 5.41) is 0. The predicted octanol–water partition coefficient (Wildman–Crippen LogP) is 5.05. The third-order valence-corrected chi connectivity index (χ3v) is 3.96. The van der Waals surface area contributed by atoms with Crippen LogP contribution in [0.4, 0.5) is 0 Å². The minimum absolute atomic E-state index is 0.323. The third kappa shape index (κ3) is 5.52. The van der Waals surface area contributed by atoms with E-state index in [1.165, 1.54) is 57.8 Å². The maximum Gasteiger partial charge on any atom is 0.158 e. The average molecular weight is 236 g/mol. The molecule has 1 aliphatic rings. The van der Waals surface area contributed by atoms with Gasteiger partial charge in [-0.3, -0.25) is 4.79 Å². The van der Waals surface area contributed by atoms with Gasteiger partial charge in [-0.2, -0.15) is 0 Å². The van der Waals surface area contributed by atoms with Crippen molar-refractivity contribution >= 4 is 5.78 Å². The molecule has 0 amide bonds. The zero-order chi connectivity index (χ0) is 12.5. The van der Waals surface area contributed by atoms with Crippen LogP contribution >= 0.6 is 0 Å². The molecular weight excluding hydrogens is 208 g/mol. The quantitative estimate of drug-likeness (QED) is 0.425. The van der Waals surface area contributed by atoms with Gasteiger partial charge in [0.1, 0.15) is 0 Å². The maximum atomic E-state index is 11.5. The predicted molar refractivity (Wildman–Crippen MR) is 74.1 cm³/mol. The number of ketones is 1. The van der Waals surface area contributed by atoms with Crippen LogP contribution in [0.3, 0.4) is 0 Å². The summed E-state index contributed by atoms with van der Waals surface area (Å²) in [6.07, 6.45) is 13.7. The molecule has 1 unspecified atom stereocenters. The summed E-state index contributed by atoms with van der Waals surface area (Å²) >= 11 is 0. The maximum absolute atomic E-state index is 11.5. The minimum Gasteiger partial charge on any atom is -0.295 e. The zero-order valence-corrected chi connectivity index (χ0v) is 11.5. The van der Waals surface area contributed by atoms with Crippen molar-refractivity contribution in [2.24, 2.45) is 5.92 Å². The summed E-state index contributed by atoms with van der Waals surface area (Å²) in [6.45, 7) is 6.22. The number of allylic oxidation sites excluding steroid dienone is 1. The van der Waals surface area contributed by atoms with Gasteiger partial charge < -0.3 is 0 Å². The van der Waals surface area contributed by atoms with E-state index in [0.29, 0.717) is 11.7 Å². The van der Waals surface area contributed by atoms with Crippen LogP contribution in [0.1, 0.15) is 77.6 Å². The second kappa shape index (κ2) is 8.49. The molecule has 0 spiro atoms. The van der Waals surface area contributed by atoms with Crippen LogP contribution in [-0.2, 0) is 4.79 Å². The Hall–Kier alpha value is -0.590. The summed E-state index contributed by atoms with van der Waals surface area (Å²) in [5.41, 5.74) is 0.919. The largest absolute Gasteiger partial charge is 0.295 e. The molecular formula is C16H28O. The first kappa shape index (κ1) is 14.5. The third-order valence-electron chi connectivity index (χ3n) is 3.96. The molecule has 0 radical (unpaired) electrons. The summed E-state index contributed by atoms with van der Waals surface area (Å²) in [7, 11) is 0. The first-order valence-electron chi connectivity index (χ1n) is 7.47. The molecule has 17 heavy (non-hydrogen) atoms. The molecule has 0 aliphatic heterocycles. The molecule has 1 saturated carbocycles. The van der Waals surface area contributed by atoms with Gasteiger partial charge in [-0.15, -0.1) is 0 Å². The number of Topliss-reactive ketones (excluding diaryl/α,β-unsaturated/α-hetero) is 1. The first-order valence-corrected chi connectivity index (χ1v) is 7.47. The Kier molecular flexibility index (Phi) is 7.23. The molecule has 0 aromatic carbocycles. The van der Waals surface area contributed by atoms with Gasteiger partial charge in [0, 0.05) is 6.42 Å². The molecule has 0 aromatic rings. The average Bonchev–Trinajstić information content (AvgIpc) is 2.33. The highest BCUT2D eigenvalue weighted by Gasteiger charge is 2.22. The number of carbonyl (C=O) groups is 1. The van der Waals surface area contributed by atoms with Gasteiger partial charge in [0.2, 0.25) is 0 Å². The summed E-state index contributed by atoms with van der Waals surface area (Å²) in [6, 6.07) is 0. The molecule has 0 N–H and O–H groups in total. The molecule has 1 aliphatic carbocycles. The smallest absolute Gasteiger partial charge is 0.158 e. The lowest BCUT2D eigenvalue weighted by Crippen LogP contribution is -2.18. The topological polar surface area (TPSA) is 17.1 Å². The molecule has 1 heteroatoms. The highest BCUT2D eigenvalue weighted by molar-refractivity contribution is 5.95. The number of unbranched alkanes of at least 4 members (excludes halogenated alkanes) is 6. The van der Waals surface area contributed by atoms with Crippen LogP contribution in [0, 0.1) is 5.92 Å². The Balaban J connectivity index is 2.02. The van der Waals surface area contributed by atoms with Crippen LogP contribution < -0.4 is 0 Å². The Morgan fingerprint density at radius 3 is 2.47 bits per heavy atom. The molecule has 1 nitrogen and oxygen atoms in total. The molecule has 1 rings (SSSR count). The summed E-state index contributed by atoms with van der Waals surface area (Å²) in [5.74, 6) is 0.830. The molecule has 0 bridgehead atoms. The standard InChI is InChI=1S/C16H28O/c1-3-4-5-6-7-8-9-11-15-12-10-13-16(17)14(15)2/h15H,2-13H2,1H3. The lowest BCUT2D eigenvalue weighted by molar-refractivity contribution is -0.117. The first-order chi connectivity index (χ1) is 8.25. The lowest BCUT2D eigenvalue weighted by Gasteiger charge is -2.23. The Bertz CT molecular complexity index is 242. The van der Waals surface area contributed by atoms with Gasteiger partial charge in [-0.1, -0.05) is 58.4 Å². The van der Waals surface area contributed by atoms with Gasteiger partial charge in [-0.25, -0.2) is 0 Å². The van der Waals surface area contributed by atoms with Crippen molar-refractivity contribution in [3.8, 4) is 0 Å². The molecule has 0 aromatic heterocycles. The molecule has 1 atom stereocenters. The molecule has 0 saturated heterocycles. The highest BCUT2D eigenvalue weighted by atomic mass is 16.1. The van der Waals surface area contributed by atoms with Gasteiger partial charge in [0.25, 0.3) is 0 Å². The van der Waals surface area contributed by atoms with Crippen LogP contribution in [-0.4, -0.2) is 5.78 Å².